The van der Waals surface area contributed by atoms with Crippen molar-refractivity contribution in [1.29, 1.82) is 0 Å². The molecule has 4 nitrogen and oxygen atoms in total. The van der Waals surface area contributed by atoms with Gasteiger partial charge in [0, 0.05) is 24.7 Å². The predicted molar refractivity (Wildman–Crippen MR) is 70.3 cm³/mol. The van der Waals surface area contributed by atoms with E-state index in [-0.39, 0.29) is 18.0 Å². The molecule has 2 unspecified atom stereocenters. The van der Waals surface area contributed by atoms with Crippen LogP contribution in [0.3, 0.4) is 0 Å². The monoisotopic (exact) mass is 305 g/mol. The van der Waals surface area contributed by atoms with Gasteiger partial charge in [0.2, 0.25) is 10.0 Å². The van der Waals surface area contributed by atoms with Crippen molar-refractivity contribution in [2.75, 3.05) is 13.1 Å². The molecule has 2 atom stereocenters. The number of halogens is 2. The molecule has 0 saturated carbocycles. The third-order valence-corrected chi connectivity index (χ3v) is 5.42. The van der Waals surface area contributed by atoms with Gasteiger partial charge in [0.25, 0.3) is 0 Å². The summed E-state index contributed by atoms with van der Waals surface area (Å²) in [5.41, 5.74) is -0.0699. The SMILES string of the molecule is CC1CCN(S(=O)(=O)Cc2ccc(F)cc2F)CC1O. The Morgan fingerprint density at radius 3 is 2.70 bits per heavy atom. The molecule has 1 heterocycles. The summed E-state index contributed by atoms with van der Waals surface area (Å²) in [6.07, 6.45) is -0.150. The van der Waals surface area contributed by atoms with Crippen molar-refractivity contribution >= 4 is 10.0 Å². The summed E-state index contributed by atoms with van der Waals surface area (Å²) in [7, 11) is -3.72. The zero-order valence-corrected chi connectivity index (χ0v) is 11.9. The number of benzene rings is 1. The first-order valence-electron chi connectivity index (χ1n) is 6.39. The van der Waals surface area contributed by atoms with Gasteiger partial charge in [0.05, 0.1) is 11.9 Å². The van der Waals surface area contributed by atoms with Gasteiger partial charge in [-0.15, -0.1) is 0 Å². The van der Waals surface area contributed by atoms with Crippen LogP contribution < -0.4 is 0 Å². The van der Waals surface area contributed by atoms with Gasteiger partial charge in [-0.2, -0.15) is 4.31 Å². The number of piperidine rings is 1. The lowest BCUT2D eigenvalue weighted by Crippen LogP contribution is -2.46. The van der Waals surface area contributed by atoms with Crippen molar-refractivity contribution < 1.29 is 22.3 Å². The Morgan fingerprint density at radius 1 is 1.40 bits per heavy atom. The molecule has 1 saturated heterocycles. The summed E-state index contributed by atoms with van der Waals surface area (Å²) in [4.78, 5) is 0. The standard InChI is InChI=1S/C13H17F2NO3S/c1-9-4-5-16(7-13(9)17)20(18,19)8-10-2-3-11(14)6-12(10)15/h2-3,6,9,13,17H,4-5,7-8H2,1H3. The largest absolute Gasteiger partial charge is 0.391 e. The molecule has 1 aliphatic heterocycles. The van der Waals surface area contributed by atoms with Crippen molar-refractivity contribution in [3.8, 4) is 0 Å². The molecule has 2 rings (SSSR count). The fraction of sp³-hybridized carbons (Fsp3) is 0.538. The second-order valence-electron chi connectivity index (χ2n) is 5.18. The molecule has 1 aromatic carbocycles. The zero-order valence-electron chi connectivity index (χ0n) is 11.1. The first kappa shape index (κ1) is 15.3. The zero-order chi connectivity index (χ0) is 14.9. The van der Waals surface area contributed by atoms with Gasteiger partial charge in [0.15, 0.2) is 0 Å². The van der Waals surface area contributed by atoms with Crippen LogP contribution in [0.25, 0.3) is 0 Å². The smallest absolute Gasteiger partial charge is 0.218 e. The van der Waals surface area contributed by atoms with Gasteiger partial charge in [-0.25, -0.2) is 17.2 Å². The minimum atomic E-state index is -3.72. The third-order valence-electron chi connectivity index (χ3n) is 3.63. The Morgan fingerprint density at radius 2 is 2.10 bits per heavy atom. The number of aliphatic hydroxyl groups excluding tert-OH is 1. The van der Waals surface area contributed by atoms with Crippen LogP contribution in [0.4, 0.5) is 8.78 Å². The number of sulfonamides is 1. The van der Waals surface area contributed by atoms with Crippen molar-refractivity contribution in [1.82, 2.24) is 4.31 Å². The van der Waals surface area contributed by atoms with E-state index in [1.807, 2.05) is 6.92 Å². The molecule has 20 heavy (non-hydrogen) atoms. The molecular weight excluding hydrogens is 288 g/mol. The van der Waals surface area contributed by atoms with E-state index in [4.69, 9.17) is 0 Å². The van der Waals surface area contributed by atoms with Crippen LogP contribution in [0.1, 0.15) is 18.9 Å². The summed E-state index contributed by atoms with van der Waals surface area (Å²) in [5, 5.41) is 9.74. The minimum absolute atomic E-state index is 0.0202. The van der Waals surface area contributed by atoms with Crippen molar-refractivity contribution in [2.24, 2.45) is 5.92 Å². The average Bonchev–Trinajstić information content (AvgIpc) is 2.36. The number of aliphatic hydroxyl groups is 1. The highest BCUT2D eigenvalue weighted by molar-refractivity contribution is 7.88. The Hall–Kier alpha value is -1.05. The van der Waals surface area contributed by atoms with Crippen LogP contribution in [0, 0.1) is 17.6 Å². The maximum atomic E-state index is 13.5. The van der Waals surface area contributed by atoms with Gasteiger partial charge in [-0.05, 0) is 18.4 Å². The lowest BCUT2D eigenvalue weighted by Gasteiger charge is -2.33. The normalized spacial score (nSPS) is 24.8. The molecule has 0 bridgehead atoms. The van der Waals surface area contributed by atoms with E-state index in [1.165, 1.54) is 4.31 Å². The van der Waals surface area contributed by atoms with Crippen LogP contribution in [0.2, 0.25) is 0 Å². The van der Waals surface area contributed by atoms with Crippen LogP contribution in [-0.4, -0.2) is 37.0 Å². The minimum Gasteiger partial charge on any atom is -0.391 e. The Labute approximate surface area is 117 Å². The third kappa shape index (κ3) is 3.34. The highest BCUT2D eigenvalue weighted by Crippen LogP contribution is 2.22. The van der Waals surface area contributed by atoms with E-state index in [9.17, 15) is 22.3 Å². The van der Waals surface area contributed by atoms with Crippen molar-refractivity contribution in [3.05, 3.63) is 35.4 Å². The summed E-state index contributed by atoms with van der Waals surface area (Å²) < 4.78 is 51.9. The molecule has 0 spiro atoms. The number of rotatable bonds is 3. The van der Waals surface area contributed by atoms with Gasteiger partial charge < -0.3 is 5.11 Å². The Bertz CT molecular complexity index is 591. The Balaban J connectivity index is 2.15. The molecule has 1 aliphatic rings. The quantitative estimate of drug-likeness (QED) is 0.920. The van der Waals surface area contributed by atoms with Gasteiger partial charge in [-0.3, -0.25) is 0 Å². The fourth-order valence-electron chi connectivity index (χ4n) is 2.20. The number of β-amino-alcohol motifs (C(OH)–C–C–N with tert-alkyl or cyclic N) is 1. The van der Waals surface area contributed by atoms with Crippen molar-refractivity contribution in [3.63, 3.8) is 0 Å². The summed E-state index contributed by atoms with van der Waals surface area (Å²) in [5.74, 6) is -2.10. The molecule has 0 amide bonds. The number of hydrogen-bond acceptors (Lipinski definition) is 3. The van der Waals surface area contributed by atoms with Gasteiger partial charge in [-0.1, -0.05) is 13.0 Å². The van der Waals surface area contributed by atoms with Crippen LogP contribution >= 0.6 is 0 Å². The highest BCUT2D eigenvalue weighted by atomic mass is 32.2. The first-order chi connectivity index (χ1) is 9.29. The maximum absolute atomic E-state index is 13.5. The average molecular weight is 305 g/mol. The molecule has 0 aliphatic carbocycles. The number of hydrogen-bond donors (Lipinski definition) is 1. The van der Waals surface area contributed by atoms with E-state index in [2.05, 4.69) is 0 Å². The molecule has 1 N–H and O–H groups in total. The second-order valence-corrected chi connectivity index (χ2v) is 7.15. The lowest BCUT2D eigenvalue weighted by molar-refractivity contribution is 0.0604. The molecular formula is C13H17F2NO3S. The van der Waals surface area contributed by atoms with Crippen molar-refractivity contribution in [2.45, 2.75) is 25.2 Å². The maximum Gasteiger partial charge on any atom is 0.218 e. The summed E-state index contributed by atoms with van der Waals surface area (Å²) in [6.45, 7) is 2.18. The van der Waals surface area contributed by atoms with Gasteiger partial charge in [0.1, 0.15) is 11.6 Å². The van der Waals surface area contributed by atoms with Gasteiger partial charge >= 0.3 is 0 Å². The van der Waals surface area contributed by atoms with E-state index >= 15 is 0 Å². The van der Waals surface area contributed by atoms with Crippen LogP contribution in [-0.2, 0) is 15.8 Å². The van der Waals surface area contributed by atoms with Crippen LogP contribution in [0.15, 0.2) is 18.2 Å². The molecule has 1 fully saturated rings. The van der Waals surface area contributed by atoms with E-state index in [0.717, 1.165) is 12.1 Å². The second kappa shape index (κ2) is 5.75. The molecule has 0 radical (unpaired) electrons. The molecule has 1 aromatic rings. The van der Waals surface area contributed by atoms with E-state index in [1.54, 1.807) is 0 Å². The predicted octanol–water partition coefficient (Wildman–Crippen LogP) is 1.50. The molecule has 0 aromatic heterocycles. The van der Waals surface area contributed by atoms with E-state index < -0.39 is 33.5 Å². The Kier molecular flexibility index (Phi) is 4.41. The summed E-state index contributed by atoms with van der Waals surface area (Å²) >= 11 is 0. The molecule has 7 heteroatoms. The lowest BCUT2D eigenvalue weighted by atomic mass is 9.98. The highest BCUT2D eigenvalue weighted by Gasteiger charge is 2.32. The topological polar surface area (TPSA) is 57.6 Å². The fourth-order valence-corrected chi connectivity index (χ4v) is 3.77. The number of nitrogens with zero attached hydrogens (tertiary/aromatic N) is 1. The van der Waals surface area contributed by atoms with Crippen LogP contribution in [0.5, 0.6) is 0 Å². The molecule has 112 valence electrons. The van der Waals surface area contributed by atoms with E-state index in [0.29, 0.717) is 19.0 Å². The first-order valence-corrected chi connectivity index (χ1v) is 8.00. The summed E-state index contributed by atoms with van der Waals surface area (Å²) in [6, 6.07) is 2.82.